The van der Waals surface area contributed by atoms with Gasteiger partial charge in [-0.25, -0.2) is 0 Å². The van der Waals surface area contributed by atoms with Gasteiger partial charge in [-0.05, 0) is 17.5 Å². The molecule has 16 heavy (non-hydrogen) atoms. The number of benzene rings is 1. The van der Waals surface area contributed by atoms with Gasteiger partial charge in [-0.3, -0.25) is 0 Å². The maximum atomic E-state index is 6.24. The highest BCUT2D eigenvalue weighted by molar-refractivity contribution is 7.99. The summed E-state index contributed by atoms with van der Waals surface area (Å²) in [5.74, 6) is 1.92. The number of rotatable bonds is 1. The summed E-state index contributed by atoms with van der Waals surface area (Å²) in [5.41, 5.74) is 6.33. The standard InChI is InChI=1S/C13H19NOS/c1-13(2,3)12(14)10-8-16-11-7-5-4-6-9(11)15-10/h4-7,10,12H,8,14H2,1-3H3. The molecule has 1 aliphatic heterocycles. The molecule has 1 aromatic rings. The van der Waals surface area contributed by atoms with Crippen LogP contribution in [0, 0.1) is 5.41 Å². The summed E-state index contributed by atoms with van der Waals surface area (Å²) in [6, 6.07) is 8.22. The zero-order chi connectivity index (χ0) is 11.8. The quantitative estimate of drug-likeness (QED) is 0.815. The van der Waals surface area contributed by atoms with Gasteiger partial charge in [0.2, 0.25) is 0 Å². The lowest BCUT2D eigenvalue weighted by atomic mass is 9.84. The molecule has 0 saturated carbocycles. The summed E-state index contributed by atoms with van der Waals surface area (Å²) in [7, 11) is 0. The predicted molar refractivity (Wildman–Crippen MR) is 69.0 cm³/mol. The lowest BCUT2D eigenvalue weighted by Gasteiger charge is -2.36. The van der Waals surface area contributed by atoms with Crippen molar-refractivity contribution in [3.63, 3.8) is 0 Å². The van der Waals surface area contributed by atoms with Crippen LogP contribution >= 0.6 is 11.8 Å². The van der Waals surface area contributed by atoms with Crippen molar-refractivity contribution in [2.24, 2.45) is 11.1 Å². The van der Waals surface area contributed by atoms with Gasteiger partial charge in [-0.2, -0.15) is 0 Å². The van der Waals surface area contributed by atoms with Crippen LogP contribution in [0.2, 0.25) is 0 Å². The molecule has 88 valence electrons. The summed E-state index contributed by atoms with van der Waals surface area (Å²) in [6.45, 7) is 6.48. The molecule has 0 radical (unpaired) electrons. The van der Waals surface area contributed by atoms with Crippen molar-refractivity contribution >= 4 is 11.8 Å². The first-order chi connectivity index (χ1) is 7.48. The van der Waals surface area contributed by atoms with E-state index in [9.17, 15) is 0 Å². The van der Waals surface area contributed by atoms with Gasteiger partial charge in [0.05, 0.1) is 0 Å². The van der Waals surface area contributed by atoms with Gasteiger partial charge in [-0.1, -0.05) is 32.9 Å². The molecule has 2 nitrogen and oxygen atoms in total. The van der Waals surface area contributed by atoms with Crippen LogP contribution in [0.4, 0.5) is 0 Å². The van der Waals surface area contributed by atoms with Gasteiger partial charge in [0.15, 0.2) is 0 Å². The Bertz CT molecular complexity index is 372. The molecule has 2 unspecified atom stereocenters. The van der Waals surface area contributed by atoms with Crippen LogP contribution in [0.25, 0.3) is 0 Å². The van der Waals surface area contributed by atoms with Crippen LogP contribution in [0.5, 0.6) is 5.75 Å². The third-order valence-electron chi connectivity index (χ3n) is 2.93. The third kappa shape index (κ3) is 2.36. The molecule has 1 aliphatic rings. The Morgan fingerprint density at radius 1 is 1.38 bits per heavy atom. The molecule has 1 heterocycles. The number of fused-ring (bicyclic) bond motifs is 1. The van der Waals surface area contributed by atoms with Crippen LogP contribution < -0.4 is 10.5 Å². The van der Waals surface area contributed by atoms with E-state index in [1.807, 2.05) is 30.0 Å². The maximum Gasteiger partial charge on any atom is 0.133 e. The van der Waals surface area contributed by atoms with Crippen molar-refractivity contribution in [2.75, 3.05) is 5.75 Å². The van der Waals surface area contributed by atoms with Gasteiger partial charge in [0.25, 0.3) is 0 Å². The van der Waals surface area contributed by atoms with Gasteiger partial charge in [0, 0.05) is 16.7 Å². The second-order valence-corrected chi connectivity index (χ2v) is 6.37. The Kier molecular flexibility index (Phi) is 3.17. The van der Waals surface area contributed by atoms with Crippen LogP contribution in [0.3, 0.4) is 0 Å². The van der Waals surface area contributed by atoms with E-state index in [4.69, 9.17) is 10.5 Å². The fourth-order valence-corrected chi connectivity index (χ4v) is 2.82. The topological polar surface area (TPSA) is 35.2 Å². The zero-order valence-corrected chi connectivity index (χ0v) is 10.9. The van der Waals surface area contributed by atoms with E-state index in [1.165, 1.54) is 4.90 Å². The van der Waals surface area contributed by atoms with E-state index < -0.39 is 0 Å². The van der Waals surface area contributed by atoms with Crippen molar-refractivity contribution in [3.8, 4) is 5.75 Å². The van der Waals surface area contributed by atoms with Crippen LogP contribution in [-0.2, 0) is 0 Å². The van der Waals surface area contributed by atoms with Crippen molar-refractivity contribution in [2.45, 2.75) is 37.8 Å². The molecule has 0 aliphatic carbocycles. The SMILES string of the molecule is CC(C)(C)C(N)C1CSc2ccccc2O1. The Balaban J connectivity index is 2.14. The van der Waals surface area contributed by atoms with Crippen LogP contribution in [-0.4, -0.2) is 17.9 Å². The van der Waals surface area contributed by atoms with E-state index in [1.54, 1.807) is 0 Å². The van der Waals surface area contributed by atoms with E-state index in [-0.39, 0.29) is 17.6 Å². The van der Waals surface area contributed by atoms with E-state index in [2.05, 4.69) is 26.8 Å². The summed E-state index contributed by atoms with van der Waals surface area (Å²) in [5, 5.41) is 0. The first-order valence-electron chi connectivity index (χ1n) is 5.62. The average Bonchev–Trinajstić information content (AvgIpc) is 2.26. The van der Waals surface area contributed by atoms with Gasteiger partial charge < -0.3 is 10.5 Å². The molecular formula is C13H19NOS. The van der Waals surface area contributed by atoms with Crippen molar-refractivity contribution < 1.29 is 4.74 Å². The van der Waals surface area contributed by atoms with Gasteiger partial charge >= 0.3 is 0 Å². The molecule has 0 spiro atoms. The van der Waals surface area contributed by atoms with E-state index in [0.717, 1.165) is 11.5 Å². The fraction of sp³-hybridized carbons (Fsp3) is 0.538. The summed E-state index contributed by atoms with van der Waals surface area (Å²) in [4.78, 5) is 1.22. The van der Waals surface area contributed by atoms with Crippen LogP contribution in [0.1, 0.15) is 20.8 Å². The molecule has 3 heteroatoms. The molecule has 0 bridgehead atoms. The first kappa shape index (κ1) is 11.8. The average molecular weight is 237 g/mol. The third-order valence-corrected chi connectivity index (χ3v) is 4.07. The Morgan fingerprint density at radius 2 is 2.06 bits per heavy atom. The number of hydrogen-bond donors (Lipinski definition) is 1. The summed E-state index contributed by atoms with van der Waals surface area (Å²) < 4.78 is 5.97. The van der Waals surface area contributed by atoms with Gasteiger partial charge in [0.1, 0.15) is 11.9 Å². The smallest absolute Gasteiger partial charge is 0.133 e. The van der Waals surface area contributed by atoms with Crippen molar-refractivity contribution in [3.05, 3.63) is 24.3 Å². The molecule has 2 N–H and O–H groups in total. The highest BCUT2D eigenvalue weighted by Crippen LogP contribution is 2.37. The number of para-hydroxylation sites is 1. The number of nitrogens with two attached hydrogens (primary N) is 1. The van der Waals surface area contributed by atoms with E-state index >= 15 is 0 Å². The summed E-state index contributed by atoms with van der Waals surface area (Å²) >= 11 is 1.84. The Morgan fingerprint density at radius 3 is 2.75 bits per heavy atom. The predicted octanol–water partition coefficient (Wildman–Crippen LogP) is 2.91. The molecule has 2 atom stereocenters. The molecule has 0 saturated heterocycles. The molecule has 2 rings (SSSR count). The minimum Gasteiger partial charge on any atom is -0.487 e. The van der Waals surface area contributed by atoms with Crippen LogP contribution in [0.15, 0.2) is 29.2 Å². The molecule has 0 amide bonds. The summed E-state index contributed by atoms with van der Waals surface area (Å²) in [6.07, 6.45) is 0.111. The number of ether oxygens (including phenoxy) is 1. The Labute approximate surface area is 102 Å². The molecule has 0 fully saturated rings. The van der Waals surface area contributed by atoms with E-state index in [0.29, 0.717) is 0 Å². The van der Waals surface area contributed by atoms with Gasteiger partial charge in [-0.15, -0.1) is 11.8 Å². The first-order valence-corrected chi connectivity index (χ1v) is 6.61. The Hall–Kier alpha value is -0.670. The molecule has 1 aromatic carbocycles. The second kappa shape index (κ2) is 4.30. The number of hydrogen-bond acceptors (Lipinski definition) is 3. The largest absolute Gasteiger partial charge is 0.487 e. The zero-order valence-electron chi connectivity index (χ0n) is 10.1. The molecular weight excluding hydrogens is 218 g/mol. The maximum absolute atomic E-state index is 6.24. The normalized spacial score (nSPS) is 22.1. The lowest BCUT2D eigenvalue weighted by molar-refractivity contribution is 0.126. The highest BCUT2D eigenvalue weighted by atomic mass is 32.2. The van der Waals surface area contributed by atoms with Crippen molar-refractivity contribution in [1.29, 1.82) is 0 Å². The monoisotopic (exact) mass is 237 g/mol. The minimum absolute atomic E-state index is 0.0633. The highest BCUT2D eigenvalue weighted by Gasteiger charge is 2.33. The fourth-order valence-electron chi connectivity index (χ4n) is 1.77. The molecule has 0 aromatic heterocycles. The van der Waals surface area contributed by atoms with Crippen molar-refractivity contribution in [1.82, 2.24) is 0 Å². The second-order valence-electron chi connectivity index (χ2n) is 5.31. The number of thioether (sulfide) groups is 1. The lowest BCUT2D eigenvalue weighted by Crippen LogP contribution is -2.50. The minimum atomic E-state index is 0.0633.